The smallest absolute Gasteiger partial charge is 0.365 e. The number of hydrogen-bond acceptors (Lipinski definition) is 6. The van der Waals surface area contributed by atoms with Gasteiger partial charge in [0.25, 0.3) is 0 Å². The van der Waals surface area contributed by atoms with E-state index in [9.17, 15) is 9.35 Å². The van der Waals surface area contributed by atoms with Crippen LogP contribution in [0.1, 0.15) is 11.4 Å². The molecule has 0 aliphatic heterocycles. The summed E-state index contributed by atoms with van der Waals surface area (Å²) in [6, 6.07) is 6.65. The number of nitrogens with zero attached hydrogens (tertiary/aromatic N) is 4. The van der Waals surface area contributed by atoms with E-state index in [1.165, 1.54) is 14.2 Å². The Morgan fingerprint density at radius 2 is 1.96 bits per heavy atom. The van der Waals surface area contributed by atoms with E-state index in [0.29, 0.717) is 10.7 Å². The van der Waals surface area contributed by atoms with Gasteiger partial charge in [-0.2, -0.15) is 15.0 Å². The number of methoxy groups -OCH3 is 1. The van der Waals surface area contributed by atoms with Crippen LogP contribution in [0, 0.1) is 13.8 Å². The van der Waals surface area contributed by atoms with Gasteiger partial charge in [-0.05, 0) is 19.9 Å². The lowest BCUT2D eigenvalue weighted by Gasteiger charge is -2.20. The van der Waals surface area contributed by atoms with Crippen LogP contribution in [0.5, 0.6) is 6.01 Å². The van der Waals surface area contributed by atoms with Gasteiger partial charge in [0.05, 0.1) is 14.2 Å². The third-order valence-corrected chi connectivity index (χ3v) is 4.44. The van der Waals surface area contributed by atoms with E-state index in [-0.39, 0.29) is 12.0 Å². The molecule has 0 aliphatic rings. The van der Waals surface area contributed by atoms with Crippen LogP contribution < -0.4 is 10.1 Å². The molecular formula is C14H17N5O3S. The summed E-state index contributed by atoms with van der Waals surface area (Å²) in [7, 11) is 2.85. The second-order valence-electron chi connectivity index (χ2n) is 4.64. The van der Waals surface area contributed by atoms with E-state index < -0.39 is 17.4 Å². The number of aryl methyl sites for hydroxylation is 2. The average Bonchev–Trinajstić information content (AvgIpc) is 2.53. The van der Waals surface area contributed by atoms with Crippen LogP contribution in [-0.2, 0) is 11.4 Å². The highest BCUT2D eigenvalue weighted by molar-refractivity contribution is 7.89. The number of benzene rings is 1. The number of aromatic nitrogens is 3. The number of urea groups is 1. The van der Waals surface area contributed by atoms with E-state index in [4.69, 9.17) is 4.74 Å². The van der Waals surface area contributed by atoms with Gasteiger partial charge in [0.15, 0.2) is 4.90 Å². The molecule has 2 aromatic rings. The molecule has 0 radical (unpaired) electrons. The molecule has 0 spiro atoms. The highest BCUT2D eigenvalue weighted by atomic mass is 32.2. The zero-order chi connectivity index (χ0) is 17.0. The Bertz CT molecular complexity index is 713. The monoisotopic (exact) mass is 335 g/mol. The minimum Gasteiger partial charge on any atom is -0.588 e. The standard InChI is InChI=1S/C14H17N5O3S/c1-9-7-5-6-8-11(9)23(21)19(3)14(20)18-12-15-10(2)16-13(17-12)22-4/h5-8H,1-4H3,(H,15,16,17,18,20). The highest BCUT2D eigenvalue weighted by Gasteiger charge is 2.26. The predicted octanol–water partition coefficient (Wildman–Crippen LogP) is 1.68. The maximum Gasteiger partial charge on any atom is 0.365 e. The minimum atomic E-state index is -1.64. The van der Waals surface area contributed by atoms with E-state index in [1.807, 2.05) is 19.1 Å². The molecule has 1 N–H and O–H groups in total. The zero-order valence-corrected chi connectivity index (χ0v) is 14.0. The summed E-state index contributed by atoms with van der Waals surface area (Å²) in [4.78, 5) is 24.6. The number of carbonyl (C=O) groups excluding carboxylic acids is 1. The van der Waals surface area contributed by atoms with E-state index in [0.717, 1.165) is 9.87 Å². The van der Waals surface area contributed by atoms with Crippen molar-refractivity contribution in [2.75, 3.05) is 19.5 Å². The predicted molar refractivity (Wildman–Crippen MR) is 85.5 cm³/mol. The van der Waals surface area contributed by atoms with Crippen LogP contribution in [0.3, 0.4) is 0 Å². The van der Waals surface area contributed by atoms with Crippen LogP contribution in [0.25, 0.3) is 0 Å². The van der Waals surface area contributed by atoms with Gasteiger partial charge in [-0.1, -0.05) is 18.2 Å². The Hall–Kier alpha value is -2.39. The quantitative estimate of drug-likeness (QED) is 0.853. The Balaban J connectivity index is 2.14. The summed E-state index contributed by atoms with van der Waals surface area (Å²) >= 11 is -1.64. The molecule has 1 unspecified atom stereocenters. The summed E-state index contributed by atoms with van der Waals surface area (Å²) in [6.07, 6.45) is 0. The summed E-state index contributed by atoms with van der Waals surface area (Å²) in [5.74, 6) is 0.433. The van der Waals surface area contributed by atoms with Gasteiger partial charge in [0, 0.05) is 5.56 Å². The summed E-state index contributed by atoms with van der Waals surface area (Å²) in [6.45, 7) is 3.48. The molecule has 0 aliphatic carbocycles. The second-order valence-corrected chi connectivity index (χ2v) is 6.12. The molecule has 1 atom stereocenters. The molecule has 0 bridgehead atoms. The Morgan fingerprint density at radius 1 is 1.26 bits per heavy atom. The van der Waals surface area contributed by atoms with Crippen LogP contribution in [0.15, 0.2) is 29.2 Å². The Labute approximate surface area is 137 Å². The number of nitrogens with one attached hydrogen (secondary N) is 1. The van der Waals surface area contributed by atoms with E-state index in [1.54, 1.807) is 19.1 Å². The molecule has 8 nitrogen and oxygen atoms in total. The van der Waals surface area contributed by atoms with Crippen molar-refractivity contribution >= 4 is 23.3 Å². The molecule has 0 saturated heterocycles. The molecule has 2 rings (SSSR count). The van der Waals surface area contributed by atoms with Crippen molar-refractivity contribution in [3.63, 3.8) is 0 Å². The maximum atomic E-state index is 12.5. The van der Waals surface area contributed by atoms with Crippen molar-refractivity contribution in [2.24, 2.45) is 0 Å². The first-order valence-corrected chi connectivity index (χ1v) is 7.82. The molecule has 1 aromatic heterocycles. The van der Waals surface area contributed by atoms with Crippen LogP contribution in [0.2, 0.25) is 0 Å². The summed E-state index contributed by atoms with van der Waals surface area (Å²) < 4.78 is 18.5. The number of rotatable bonds is 4. The molecule has 23 heavy (non-hydrogen) atoms. The molecular weight excluding hydrogens is 318 g/mol. The summed E-state index contributed by atoms with van der Waals surface area (Å²) in [5.41, 5.74) is 0.836. The Morgan fingerprint density at radius 3 is 2.61 bits per heavy atom. The van der Waals surface area contributed by atoms with Crippen molar-refractivity contribution < 1.29 is 14.1 Å². The normalized spacial score (nSPS) is 11.7. The molecule has 9 heteroatoms. The number of anilines is 1. The van der Waals surface area contributed by atoms with Crippen molar-refractivity contribution in [2.45, 2.75) is 18.7 Å². The lowest BCUT2D eigenvalue weighted by molar-refractivity contribution is 0.240. The third kappa shape index (κ3) is 4.08. The first-order valence-electron chi connectivity index (χ1n) is 6.71. The van der Waals surface area contributed by atoms with E-state index >= 15 is 0 Å². The van der Waals surface area contributed by atoms with Crippen molar-refractivity contribution in [3.05, 3.63) is 35.7 Å². The van der Waals surface area contributed by atoms with Gasteiger partial charge in [0.2, 0.25) is 5.95 Å². The van der Waals surface area contributed by atoms with Crippen molar-refractivity contribution in [1.82, 2.24) is 19.3 Å². The fourth-order valence-corrected chi connectivity index (χ4v) is 2.78. The fourth-order valence-electron chi connectivity index (χ4n) is 1.75. The first-order chi connectivity index (χ1) is 10.9. The molecule has 0 saturated carbocycles. The number of carbonyl (C=O) groups is 1. The summed E-state index contributed by atoms with van der Waals surface area (Å²) in [5, 5.41) is 2.48. The molecule has 1 aromatic carbocycles. The van der Waals surface area contributed by atoms with Crippen LogP contribution in [0.4, 0.5) is 10.7 Å². The molecule has 2 amide bonds. The first kappa shape index (κ1) is 17.0. The van der Waals surface area contributed by atoms with Gasteiger partial charge >= 0.3 is 12.0 Å². The van der Waals surface area contributed by atoms with Gasteiger partial charge < -0.3 is 9.29 Å². The van der Waals surface area contributed by atoms with E-state index in [2.05, 4.69) is 20.3 Å². The van der Waals surface area contributed by atoms with Crippen molar-refractivity contribution in [3.8, 4) is 6.01 Å². The van der Waals surface area contributed by atoms with Crippen LogP contribution in [-0.4, -0.2) is 44.0 Å². The lowest BCUT2D eigenvalue weighted by Crippen LogP contribution is -2.37. The molecule has 122 valence electrons. The number of hydrogen-bond donors (Lipinski definition) is 1. The van der Waals surface area contributed by atoms with Crippen LogP contribution >= 0.6 is 0 Å². The average molecular weight is 335 g/mol. The lowest BCUT2D eigenvalue weighted by atomic mass is 10.2. The fraction of sp³-hybridized carbons (Fsp3) is 0.286. The van der Waals surface area contributed by atoms with Gasteiger partial charge in [0.1, 0.15) is 17.2 Å². The Kier molecular flexibility index (Phi) is 5.35. The SMILES string of the molecule is COc1nc(C)nc(NC(=O)N(C)[S+]([O-])c2ccccc2C)n1. The van der Waals surface area contributed by atoms with Gasteiger partial charge in [-0.3, -0.25) is 5.32 Å². The minimum absolute atomic E-state index is 0.0352. The third-order valence-electron chi connectivity index (χ3n) is 2.94. The van der Waals surface area contributed by atoms with Gasteiger partial charge in [-0.15, -0.1) is 4.31 Å². The largest absolute Gasteiger partial charge is 0.588 e. The number of amides is 2. The highest BCUT2D eigenvalue weighted by Crippen LogP contribution is 2.19. The van der Waals surface area contributed by atoms with Gasteiger partial charge in [-0.25, -0.2) is 4.79 Å². The van der Waals surface area contributed by atoms with Crippen molar-refractivity contribution in [1.29, 1.82) is 0 Å². The second kappa shape index (κ2) is 7.25. The maximum absolute atomic E-state index is 12.5. The molecule has 0 fully saturated rings. The molecule has 1 heterocycles. The topological polar surface area (TPSA) is 103 Å². The zero-order valence-electron chi connectivity index (χ0n) is 13.2. The number of ether oxygens (including phenoxy) is 1.